The van der Waals surface area contributed by atoms with Crippen LogP contribution in [0.15, 0.2) is 0 Å². The predicted molar refractivity (Wildman–Crippen MR) is 65.8 cm³/mol. The number of methoxy groups -OCH3 is 1. The maximum atomic E-state index is 11.4. The highest BCUT2D eigenvalue weighted by Crippen LogP contribution is 2.38. The van der Waals surface area contributed by atoms with Gasteiger partial charge in [-0.2, -0.15) is 0 Å². The molecule has 7 nitrogen and oxygen atoms in total. The average Bonchev–Trinajstić information content (AvgIpc) is 2.79. The Morgan fingerprint density at radius 3 is 2.45 bits per heavy atom. The number of hydrogen-bond acceptors (Lipinski definition) is 7. The zero-order valence-corrected chi connectivity index (χ0v) is 12.1. The van der Waals surface area contributed by atoms with Gasteiger partial charge >= 0.3 is 5.97 Å². The van der Waals surface area contributed by atoms with Crippen LogP contribution < -0.4 is 0 Å². The minimum absolute atomic E-state index is 0.00653. The van der Waals surface area contributed by atoms with Crippen LogP contribution >= 0.6 is 0 Å². The molecule has 114 valence electrons. The normalized spacial score (nSPS) is 34.8. The van der Waals surface area contributed by atoms with Crippen molar-refractivity contribution in [3.05, 3.63) is 0 Å². The molecule has 2 saturated heterocycles. The molecular formula is C13H20O7. The first-order chi connectivity index (χ1) is 9.32. The Morgan fingerprint density at radius 1 is 1.20 bits per heavy atom. The highest BCUT2D eigenvalue weighted by Gasteiger charge is 2.55. The summed E-state index contributed by atoms with van der Waals surface area (Å²) in [4.78, 5) is 22.2. The van der Waals surface area contributed by atoms with Gasteiger partial charge in [0, 0.05) is 7.11 Å². The number of esters is 1. The third kappa shape index (κ3) is 3.35. The average molecular weight is 288 g/mol. The van der Waals surface area contributed by atoms with Crippen molar-refractivity contribution in [1.29, 1.82) is 0 Å². The second-order valence-electron chi connectivity index (χ2n) is 5.41. The third-order valence-corrected chi connectivity index (χ3v) is 3.14. The van der Waals surface area contributed by atoms with Gasteiger partial charge in [0.05, 0.1) is 0 Å². The number of carbonyl (C=O) groups excluding carboxylic acids is 2. The SMILES string of the molecule is CO[C@H]1O[C@H](COC(=O)CC(C)=O)[C@H]2OC(C)(C)O[C@@H]12. The molecule has 0 saturated carbocycles. The molecule has 0 aliphatic carbocycles. The molecule has 0 radical (unpaired) electrons. The predicted octanol–water partition coefficient (Wildman–Crippen LogP) is 0.400. The molecule has 4 atom stereocenters. The molecule has 7 heteroatoms. The Hall–Kier alpha value is -1.02. The number of ketones is 1. The fourth-order valence-electron chi connectivity index (χ4n) is 2.40. The van der Waals surface area contributed by atoms with E-state index in [1.165, 1.54) is 14.0 Å². The monoisotopic (exact) mass is 288 g/mol. The third-order valence-electron chi connectivity index (χ3n) is 3.14. The topological polar surface area (TPSA) is 80.3 Å². The second-order valence-corrected chi connectivity index (χ2v) is 5.41. The molecule has 2 fully saturated rings. The highest BCUT2D eigenvalue weighted by atomic mass is 16.8. The number of rotatable bonds is 5. The second kappa shape index (κ2) is 5.77. The van der Waals surface area contributed by atoms with E-state index in [1.807, 2.05) is 0 Å². The van der Waals surface area contributed by atoms with Crippen molar-refractivity contribution in [3.63, 3.8) is 0 Å². The minimum atomic E-state index is -0.725. The standard InChI is InChI=1S/C13H20O7/c1-7(14)5-9(15)17-6-8-10-11(12(16-4)18-8)20-13(2,3)19-10/h8,10-12H,5-6H2,1-4H3/t8-,10-,11-,12+/m1/s1. The smallest absolute Gasteiger partial charge is 0.313 e. The Labute approximate surface area is 117 Å². The van der Waals surface area contributed by atoms with E-state index in [1.54, 1.807) is 13.8 Å². The largest absolute Gasteiger partial charge is 0.462 e. The summed E-state index contributed by atoms with van der Waals surface area (Å²) in [5, 5.41) is 0. The van der Waals surface area contributed by atoms with Crippen LogP contribution in [0.3, 0.4) is 0 Å². The Balaban J connectivity index is 1.92. The van der Waals surface area contributed by atoms with Gasteiger partial charge in [0.25, 0.3) is 0 Å². The molecule has 0 aromatic rings. The van der Waals surface area contributed by atoms with Crippen molar-refractivity contribution in [2.45, 2.75) is 57.6 Å². The van der Waals surface area contributed by atoms with E-state index in [-0.39, 0.29) is 31.0 Å². The molecule has 20 heavy (non-hydrogen) atoms. The summed E-state index contributed by atoms with van der Waals surface area (Å²) >= 11 is 0. The molecule has 2 heterocycles. The van der Waals surface area contributed by atoms with E-state index in [0.29, 0.717) is 0 Å². The lowest BCUT2D eigenvalue weighted by Gasteiger charge is -2.23. The van der Waals surface area contributed by atoms with Crippen molar-refractivity contribution in [1.82, 2.24) is 0 Å². The number of ether oxygens (including phenoxy) is 5. The maximum Gasteiger partial charge on any atom is 0.313 e. The summed E-state index contributed by atoms with van der Waals surface area (Å²) in [5.74, 6) is -1.54. The lowest BCUT2D eigenvalue weighted by molar-refractivity contribution is -0.231. The van der Waals surface area contributed by atoms with Crippen LogP contribution in [0.5, 0.6) is 0 Å². The zero-order chi connectivity index (χ0) is 14.9. The van der Waals surface area contributed by atoms with Gasteiger partial charge in [0.2, 0.25) is 0 Å². The molecule has 0 bridgehead atoms. The molecule has 2 aliphatic heterocycles. The van der Waals surface area contributed by atoms with E-state index >= 15 is 0 Å². The molecule has 0 spiro atoms. The summed E-state index contributed by atoms with van der Waals surface area (Å²) in [6, 6.07) is 0. The maximum absolute atomic E-state index is 11.4. The summed E-state index contributed by atoms with van der Waals surface area (Å²) in [6.07, 6.45) is -1.98. The Morgan fingerprint density at radius 2 is 1.85 bits per heavy atom. The van der Waals surface area contributed by atoms with Gasteiger partial charge < -0.3 is 23.7 Å². The van der Waals surface area contributed by atoms with Gasteiger partial charge in [0.1, 0.15) is 37.1 Å². The van der Waals surface area contributed by atoms with E-state index in [4.69, 9.17) is 23.7 Å². The van der Waals surface area contributed by atoms with Crippen LogP contribution in [-0.2, 0) is 33.3 Å². The summed E-state index contributed by atoms with van der Waals surface area (Å²) in [5.41, 5.74) is 0. The number of Topliss-reactive ketones (excluding diaryl/α,β-unsaturated/α-hetero) is 1. The number of hydrogen-bond donors (Lipinski definition) is 0. The Bertz CT molecular complexity index is 392. The summed E-state index contributed by atoms with van der Waals surface area (Å²) in [7, 11) is 1.51. The van der Waals surface area contributed by atoms with Crippen LogP contribution in [-0.4, -0.2) is 55.9 Å². The highest BCUT2D eigenvalue weighted by molar-refractivity contribution is 5.94. The van der Waals surface area contributed by atoms with Gasteiger partial charge in [0.15, 0.2) is 12.1 Å². The van der Waals surface area contributed by atoms with Gasteiger partial charge in [-0.15, -0.1) is 0 Å². The lowest BCUT2D eigenvalue weighted by atomic mass is 10.1. The van der Waals surface area contributed by atoms with Crippen LogP contribution in [0.4, 0.5) is 0 Å². The summed E-state index contributed by atoms with van der Waals surface area (Å²) in [6.45, 7) is 4.95. The Kier molecular flexibility index (Phi) is 4.43. The van der Waals surface area contributed by atoms with Crippen molar-refractivity contribution >= 4 is 11.8 Å². The quantitative estimate of drug-likeness (QED) is 0.535. The van der Waals surface area contributed by atoms with Crippen LogP contribution in [0.2, 0.25) is 0 Å². The molecule has 2 aliphatic rings. The van der Waals surface area contributed by atoms with Crippen molar-refractivity contribution < 1.29 is 33.3 Å². The van der Waals surface area contributed by atoms with Crippen molar-refractivity contribution in [2.24, 2.45) is 0 Å². The van der Waals surface area contributed by atoms with Crippen LogP contribution in [0, 0.1) is 0 Å². The number of fused-ring (bicyclic) bond motifs is 1. The fraction of sp³-hybridized carbons (Fsp3) is 0.846. The van der Waals surface area contributed by atoms with Crippen molar-refractivity contribution in [2.75, 3.05) is 13.7 Å². The molecule has 0 N–H and O–H groups in total. The van der Waals surface area contributed by atoms with E-state index in [0.717, 1.165) is 0 Å². The fourth-order valence-corrected chi connectivity index (χ4v) is 2.40. The molecular weight excluding hydrogens is 268 g/mol. The molecule has 2 rings (SSSR count). The van der Waals surface area contributed by atoms with Crippen molar-refractivity contribution in [3.8, 4) is 0 Å². The molecule has 0 aromatic carbocycles. The van der Waals surface area contributed by atoms with Gasteiger partial charge in [-0.05, 0) is 20.8 Å². The van der Waals surface area contributed by atoms with Crippen LogP contribution in [0.1, 0.15) is 27.2 Å². The summed E-state index contributed by atoms with van der Waals surface area (Å²) < 4.78 is 27.3. The molecule has 0 aromatic heterocycles. The minimum Gasteiger partial charge on any atom is -0.462 e. The van der Waals surface area contributed by atoms with Crippen LogP contribution in [0.25, 0.3) is 0 Å². The lowest BCUT2D eigenvalue weighted by Crippen LogP contribution is -2.33. The van der Waals surface area contributed by atoms with E-state index in [2.05, 4.69) is 0 Å². The van der Waals surface area contributed by atoms with E-state index in [9.17, 15) is 9.59 Å². The van der Waals surface area contributed by atoms with Gasteiger partial charge in [-0.1, -0.05) is 0 Å². The van der Waals surface area contributed by atoms with E-state index < -0.39 is 24.2 Å². The van der Waals surface area contributed by atoms with Gasteiger partial charge in [-0.25, -0.2) is 0 Å². The van der Waals surface area contributed by atoms with Gasteiger partial charge in [-0.3, -0.25) is 9.59 Å². The first-order valence-electron chi connectivity index (χ1n) is 6.51. The molecule has 0 unspecified atom stereocenters. The molecule has 0 amide bonds. The number of carbonyl (C=O) groups is 2. The zero-order valence-electron chi connectivity index (χ0n) is 12.1. The first kappa shape index (κ1) is 15.4. The first-order valence-corrected chi connectivity index (χ1v) is 6.51.